The highest BCUT2D eigenvalue weighted by Crippen LogP contribution is 2.59. The van der Waals surface area contributed by atoms with E-state index in [2.05, 4.69) is 18.7 Å². The average Bonchev–Trinajstić information content (AvgIpc) is 2.99. The molecule has 0 saturated carbocycles. The number of rotatable bonds is 2. The van der Waals surface area contributed by atoms with Gasteiger partial charge in [0, 0.05) is 16.2 Å². The van der Waals surface area contributed by atoms with Gasteiger partial charge in [0.2, 0.25) is 0 Å². The first-order chi connectivity index (χ1) is 13.7. The van der Waals surface area contributed by atoms with Crippen LogP contribution in [0.3, 0.4) is 0 Å². The van der Waals surface area contributed by atoms with E-state index in [4.69, 9.17) is 11.6 Å². The van der Waals surface area contributed by atoms with Gasteiger partial charge in [-0.05, 0) is 27.8 Å². The lowest BCUT2D eigenvalue weighted by molar-refractivity contribution is 0.103. The first-order valence-corrected chi connectivity index (χ1v) is 9.62. The Kier molecular flexibility index (Phi) is 3.75. The van der Waals surface area contributed by atoms with Gasteiger partial charge in [0.05, 0.1) is 5.41 Å². The van der Waals surface area contributed by atoms with Crippen LogP contribution in [-0.4, -0.2) is 5.78 Å². The van der Waals surface area contributed by atoms with Crippen LogP contribution in [0.1, 0.15) is 38.2 Å². The van der Waals surface area contributed by atoms with Crippen molar-refractivity contribution >= 4 is 23.0 Å². The summed E-state index contributed by atoms with van der Waals surface area (Å²) in [4.78, 5) is 13.2. The highest BCUT2D eigenvalue weighted by molar-refractivity contribution is 6.37. The molecule has 0 aliphatic heterocycles. The van der Waals surface area contributed by atoms with Gasteiger partial charge in [0.15, 0.2) is 5.78 Å². The first kappa shape index (κ1) is 17.0. The number of allylic oxidation sites excluding steroid dienone is 5. The van der Waals surface area contributed by atoms with E-state index in [1.165, 1.54) is 0 Å². The van der Waals surface area contributed by atoms with Crippen molar-refractivity contribution in [2.75, 3.05) is 0 Å². The molecular weight excluding hydrogens is 364 g/mol. The number of carbonyl (C=O) groups excluding carboxylic acids is 1. The lowest BCUT2D eigenvalue weighted by Gasteiger charge is -2.38. The van der Waals surface area contributed by atoms with E-state index >= 15 is 0 Å². The summed E-state index contributed by atoms with van der Waals surface area (Å²) in [6.07, 6.45) is 5.65. The van der Waals surface area contributed by atoms with E-state index in [9.17, 15) is 4.79 Å². The summed E-state index contributed by atoms with van der Waals surface area (Å²) in [6.45, 7) is 3.79. The molecule has 3 aromatic carbocycles. The molecule has 2 heteroatoms. The van der Waals surface area contributed by atoms with Crippen LogP contribution in [0.4, 0.5) is 0 Å². The van der Waals surface area contributed by atoms with Crippen molar-refractivity contribution in [1.29, 1.82) is 0 Å². The molecule has 0 aromatic heterocycles. The molecule has 134 valence electrons. The Morgan fingerprint density at radius 3 is 1.75 bits per heavy atom. The van der Waals surface area contributed by atoms with Crippen molar-refractivity contribution in [1.82, 2.24) is 0 Å². The topological polar surface area (TPSA) is 17.1 Å². The molecule has 5 rings (SSSR count). The zero-order valence-corrected chi connectivity index (χ0v) is 15.9. The molecule has 0 heterocycles. The second-order valence-electron chi connectivity index (χ2n) is 7.04. The molecule has 1 spiro atoms. The van der Waals surface area contributed by atoms with Crippen molar-refractivity contribution in [2.45, 2.75) is 5.41 Å². The van der Waals surface area contributed by atoms with Gasteiger partial charge in [-0.25, -0.2) is 0 Å². The normalized spacial score (nSPS) is 16.2. The summed E-state index contributed by atoms with van der Waals surface area (Å²) >= 11 is 7.20. The van der Waals surface area contributed by atoms with Crippen LogP contribution >= 0.6 is 11.6 Å². The maximum Gasteiger partial charge on any atom is 0.193 e. The molecule has 28 heavy (non-hydrogen) atoms. The molecule has 0 saturated heterocycles. The minimum absolute atomic E-state index is 0.0499. The fourth-order valence-electron chi connectivity index (χ4n) is 4.64. The van der Waals surface area contributed by atoms with Crippen LogP contribution in [0.2, 0.25) is 0 Å². The summed E-state index contributed by atoms with van der Waals surface area (Å²) < 4.78 is 0. The van der Waals surface area contributed by atoms with Crippen molar-refractivity contribution in [3.63, 3.8) is 0 Å². The van der Waals surface area contributed by atoms with E-state index in [0.717, 1.165) is 32.9 Å². The minimum Gasteiger partial charge on any atom is -0.289 e. The average molecular weight is 381 g/mol. The fourth-order valence-corrected chi connectivity index (χ4v) is 5.11. The maximum atomic E-state index is 13.2. The van der Waals surface area contributed by atoms with Gasteiger partial charge in [-0.3, -0.25) is 4.79 Å². The number of fused-ring (bicyclic) bond motifs is 6. The van der Waals surface area contributed by atoms with E-state index in [1.807, 2.05) is 72.8 Å². The second-order valence-corrected chi connectivity index (χ2v) is 7.42. The molecule has 2 aliphatic rings. The van der Waals surface area contributed by atoms with Crippen LogP contribution in [0, 0.1) is 0 Å². The largest absolute Gasteiger partial charge is 0.289 e. The smallest absolute Gasteiger partial charge is 0.193 e. The first-order valence-electron chi connectivity index (χ1n) is 9.24. The summed E-state index contributed by atoms with van der Waals surface area (Å²) in [7, 11) is 0. The van der Waals surface area contributed by atoms with Crippen LogP contribution in [0.15, 0.2) is 103 Å². The molecule has 0 N–H and O–H groups in total. The predicted octanol–water partition coefficient (Wildman–Crippen LogP) is 6.27. The third kappa shape index (κ3) is 2.00. The van der Waals surface area contributed by atoms with Gasteiger partial charge in [-0.1, -0.05) is 109 Å². The second kappa shape index (κ2) is 6.19. The summed E-state index contributed by atoms with van der Waals surface area (Å²) in [5, 5.41) is 0.721. The summed E-state index contributed by atoms with van der Waals surface area (Å²) in [5.41, 5.74) is 5.79. The molecule has 0 fully saturated rings. The van der Waals surface area contributed by atoms with Crippen molar-refractivity contribution in [2.24, 2.45) is 0 Å². The van der Waals surface area contributed by atoms with Gasteiger partial charge < -0.3 is 0 Å². The molecule has 0 radical (unpaired) electrons. The SMILES string of the molecule is C=C/C=C\C1=C(Cl)C2(c3ccccc3C(=O)c3ccccc32)c2ccccc21. The molecule has 3 aromatic rings. The van der Waals surface area contributed by atoms with Gasteiger partial charge in [0.25, 0.3) is 0 Å². The number of hydrogen-bond donors (Lipinski definition) is 0. The highest BCUT2D eigenvalue weighted by atomic mass is 35.5. The molecular formula is C26H17ClO. The van der Waals surface area contributed by atoms with Crippen LogP contribution in [-0.2, 0) is 5.41 Å². The van der Waals surface area contributed by atoms with Crippen LogP contribution < -0.4 is 0 Å². The van der Waals surface area contributed by atoms with Crippen molar-refractivity contribution in [3.8, 4) is 0 Å². The van der Waals surface area contributed by atoms with Crippen LogP contribution in [0.5, 0.6) is 0 Å². The monoisotopic (exact) mass is 380 g/mol. The zero-order chi connectivity index (χ0) is 19.3. The molecule has 2 aliphatic carbocycles. The molecule has 0 amide bonds. The Hall–Kier alpha value is -3.16. The Balaban J connectivity index is 1.99. The number of ketones is 1. The van der Waals surface area contributed by atoms with E-state index < -0.39 is 5.41 Å². The predicted molar refractivity (Wildman–Crippen MR) is 115 cm³/mol. The summed E-state index contributed by atoms with van der Waals surface area (Å²) in [6, 6.07) is 23.9. The minimum atomic E-state index is -0.680. The number of hydrogen-bond acceptors (Lipinski definition) is 1. The number of halogens is 1. The Morgan fingerprint density at radius 2 is 1.21 bits per heavy atom. The van der Waals surface area contributed by atoms with Gasteiger partial charge in [0.1, 0.15) is 0 Å². The fraction of sp³-hybridized carbons (Fsp3) is 0.0385. The number of benzene rings is 3. The zero-order valence-electron chi connectivity index (χ0n) is 15.2. The third-order valence-corrected chi connectivity index (χ3v) is 6.22. The van der Waals surface area contributed by atoms with Gasteiger partial charge in [-0.2, -0.15) is 0 Å². The molecule has 1 nitrogen and oxygen atoms in total. The van der Waals surface area contributed by atoms with E-state index in [-0.39, 0.29) is 5.78 Å². The highest BCUT2D eigenvalue weighted by Gasteiger charge is 2.52. The lowest BCUT2D eigenvalue weighted by atomic mass is 9.63. The van der Waals surface area contributed by atoms with Crippen molar-refractivity contribution in [3.05, 3.63) is 136 Å². The van der Waals surface area contributed by atoms with Crippen molar-refractivity contribution < 1.29 is 4.79 Å². The molecule has 0 atom stereocenters. The van der Waals surface area contributed by atoms with E-state index in [1.54, 1.807) is 6.08 Å². The Morgan fingerprint density at radius 1 is 0.750 bits per heavy atom. The molecule has 0 unspecified atom stereocenters. The molecule has 0 bridgehead atoms. The number of carbonyl (C=O) groups is 1. The Labute approximate surface area is 169 Å². The maximum absolute atomic E-state index is 13.2. The van der Waals surface area contributed by atoms with Crippen LogP contribution in [0.25, 0.3) is 5.57 Å². The quantitative estimate of drug-likeness (QED) is 0.479. The van der Waals surface area contributed by atoms with E-state index in [0.29, 0.717) is 11.1 Å². The lowest BCUT2D eigenvalue weighted by Crippen LogP contribution is -2.36. The van der Waals surface area contributed by atoms with Gasteiger partial charge in [-0.15, -0.1) is 0 Å². The third-order valence-electron chi connectivity index (χ3n) is 5.74. The summed E-state index contributed by atoms with van der Waals surface area (Å²) in [5.74, 6) is 0.0499. The standard InChI is InChI=1S/C26H17ClO/c1-2-3-10-18-17-11-4-7-14-21(17)26(25(18)27)22-15-8-5-12-19(22)24(28)20-13-6-9-16-23(20)26/h2-16H,1H2/b10-3-. The Bertz CT molecular complexity index is 1160. The van der Waals surface area contributed by atoms with Gasteiger partial charge >= 0.3 is 0 Å².